The summed E-state index contributed by atoms with van der Waals surface area (Å²) in [5.41, 5.74) is 0. The average molecular weight is 225 g/mol. The summed E-state index contributed by atoms with van der Waals surface area (Å²) in [5.74, 6) is 0. The quantitative estimate of drug-likeness (QED) is 0.590. The zero-order valence-corrected chi connectivity index (χ0v) is 9.87. The lowest BCUT2D eigenvalue weighted by atomic mass is 10.3. The minimum Gasteiger partial charge on any atom is -0.581 e. The number of rotatable bonds is 3. The first-order valence-electron chi connectivity index (χ1n) is 3.89. The van der Waals surface area contributed by atoms with E-state index in [2.05, 4.69) is 0 Å². The van der Waals surface area contributed by atoms with Crippen LogP contribution in [0.15, 0.2) is 0 Å². The molecule has 0 bridgehead atoms. The van der Waals surface area contributed by atoms with Gasteiger partial charge in [0.15, 0.2) is 0 Å². The molecular formula is C7H15NO3S2. The highest BCUT2D eigenvalue weighted by Crippen LogP contribution is 2.31. The fourth-order valence-corrected chi connectivity index (χ4v) is 3.48. The lowest BCUT2D eigenvalue weighted by molar-refractivity contribution is 0.174. The molecule has 0 saturated carbocycles. The van der Waals surface area contributed by atoms with Gasteiger partial charge < -0.3 is 9.66 Å². The summed E-state index contributed by atoms with van der Waals surface area (Å²) in [6.45, 7) is 7.59. The molecule has 1 N–H and O–H groups in total. The number of hydrogen-bond donors (Lipinski definition) is 1. The van der Waals surface area contributed by atoms with Gasteiger partial charge in [-0.1, -0.05) is 0 Å². The Bertz CT molecular complexity index is 181. The molecule has 78 valence electrons. The van der Waals surface area contributed by atoms with Crippen molar-refractivity contribution < 1.29 is 14.5 Å². The van der Waals surface area contributed by atoms with Crippen LogP contribution in [0.3, 0.4) is 0 Å². The Kier molecular flexibility index (Phi) is 4.95. The molecule has 0 aromatic rings. The Morgan fingerprint density at radius 3 is 2.31 bits per heavy atom. The highest BCUT2D eigenvalue weighted by Gasteiger charge is 2.31. The van der Waals surface area contributed by atoms with Gasteiger partial charge in [-0.2, -0.15) is 0 Å². The molecular weight excluding hydrogens is 210 g/mol. The molecule has 0 saturated heterocycles. The highest BCUT2D eigenvalue weighted by atomic mass is 33.1. The molecule has 0 aromatic carbocycles. The van der Waals surface area contributed by atoms with Gasteiger partial charge in [0.1, 0.15) is 21.2 Å². The van der Waals surface area contributed by atoms with Crippen LogP contribution in [0.5, 0.6) is 0 Å². The molecule has 0 spiro atoms. The summed E-state index contributed by atoms with van der Waals surface area (Å²) in [4.78, 5) is 10.6. The minimum atomic E-state index is -1.51. The maximum Gasteiger partial charge on any atom is 0.450 e. The molecule has 6 heteroatoms. The molecule has 0 rings (SSSR count). The van der Waals surface area contributed by atoms with Gasteiger partial charge >= 0.3 is 6.09 Å². The maximum absolute atomic E-state index is 11.5. The predicted molar refractivity (Wildman–Crippen MR) is 55.9 cm³/mol. The first kappa shape index (κ1) is 12.9. The zero-order chi connectivity index (χ0) is 10.6. The summed E-state index contributed by atoms with van der Waals surface area (Å²) < 4.78 is 12.2. The van der Waals surface area contributed by atoms with Crippen LogP contribution in [-0.4, -0.2) is 31.3 Å². The van der Waals surface area contributed by atoms with Crippen LogP contribution in [0.25, 0.3) is 0 Å². The van der Waals surface area contributed by atoms with Crippen molar-refractivity contribution in [3.63, 3.8) is 0 Å². The molecule has 0 aliphatic carbocycles. The summed E-state index contributed by atoms with van der Waals surface area (Å²) in [7, 11) is -0.372. The SMILES string of the molecule is CCN(C(=O)O)[S+]([O-])SC(C)(C)C. The third-order valence-electron chi connectivity index (χ3n) is 1.00. The van der Waals surface area contributed by atoms with Crippen molar-refractivity contribution in [3.8, 4) is 0 Å². The molecule has 1 unspecified atom stereocenters. The van der Waals surface area contributed by atoms with E-state index in [0.29, 0.717) is 0 Å². The highest BCUT2D eigenvalue weighted by molar-refractivity contribution is 8.71. The Morgan fingerprint density at radius 2 is 2.08 bits per heavy atom. The largest absolute Gasteiger partial charge is 0.581 e. The van der Waals surface area contributed by atoms with Gasteiger partial charge in [0.05, 0.1) is 11.3 Å². The van der Waals surface area contributed by atoms with E-state index in [0.717, 1.165) is 15.1 Å². The van der Waals surface area contributed by atoms with E-state index in [1.807, 2.05) is 20.8 Å². The van der Waals surface area contributed by atoms with E-state index in [1.54, 1.807) is 6.92 Å². The molecule has 13 heavy (non-hydrogen) atoms. The molecule has 0 fully saturated rings. The normalized spacial score (nSPS) is 13.9. The van der Waals surface area contributed by atoms with Crippen molar-refractivity contribution in [1.82, 2.24) is 4.31 Å². The Balaban J connectivity index is 4.22. The second-order valence-corrected chi connectivity index (χ2v) is 7.01. The van der Waals surface area contributed by atoms with Crippen molar-refractivity contribution >= 4 is 27.3 Å². The zero-order valence-electron chi connectivity index (χ0n) is 8.23. The van der Waals surface area contributed by atoms with Crippen LogP contribution < -0.4 is 0 Å². The van der Waals surface area contributed by atoms with Crippen LogP contribution in [0.4, 0.5) is 4.79 Å². The van der Waals surface area contributed by atoms with E-state index in [1.165, 1.54) is 0 Å². The van der Waals surface area contributed by atoms with E-state index in [4.69, 9.17) is 5.11 Å². The van der Waals surface area contributed by atoms with Gasteiger partial charge in [0.2, 0.25) is 0 Å². The number of carboxylic acid groups (broad SMARTS) is 1. The first-order chi connectivity index (χ1) is 5.78. The molecule has 0 aromatic heterocycles. The topological polar surface area (TPSA) is 63.6 Å². The summed E-state index contributed by atoms with van der Waals surface area (Å²) in [5, 5.41) is 8.66. The van der Waals surface area contributed by atoms with Crippen LogP contribution in [0.1, 0.15) is 27.7 Å². The van der Waals surface area contributed by atoms with Gasteiger partial charge in [-0.15, -0.1) is 4.31 Å². The maximum atomic E-state index is 11.5. The number of amides is 1. The Hall–Kier alpha value is -0.0700. The minimum absolute atomic E-state index is 0.201. The number of nitrogens with zero attached hydrogens (tertiary/aromatic N) is 1. The second kappa shape index (κ2) is 4.97. The van der Waals surface area contributed by atoms with Crippen LogP contribution in [-0.2, 0) is 10.4 Å². The second-order valence-electron chi connectivity index (χ2n) is 3.39. The molecule has 1 atom stereocenters. The van der Waals surface area contributed by atoms with Gasteiger partial charge in [-0.25, -0.2) is 4.79 Å². The van der Waals surface area contributed by atoms with Crippen LogP contribution in [0.2, 0.25) is 0 Å². The monoisotopic (exact) mass is 225 g/mol. The first-order valence-corrected chi connectivity index (χ1v) is 6.33. The van der Waals surface area contributed by atoms with Crippen molar-refractivity contribution in [2.24, 2.45) is 0 Å². The third kappa shape index (κ3) is 5.28. The van der Waals surface area contributed by atoms with Crippen molar-refractivity contribution in [2.75, 3.05) is 6.54 Å². The van der Waals surface area contributed by atoms with E-state index >= 15 is 0 Å². The molecule has 1 amide bonds. The molecule has 0 radical (unpaired) electrons. The average Bonchev–Trinajstić information content (AvgIpc) is 1.82. The fourth-order valence-electron chi connectivity index (χ4n) is 0.563. The molecule has 0 aliphatic rings. The van der Waals surface area contributed by atoms with Crippen molar-refractivity contribution in [2.45, 2.75) is 32.4 Å². The van der Waals surface area contributed by atoms with Crippen molar-refractivity contribution in [1.29, 1.82) is 0 Å². The van der Waals surface area contributed by atoms with Crippen LogP contribution >= 0.6 is 10.8 Å². The summed E-state index contributed by atoms with van der Waals surface area (Å²) in [6.07, 6.45) is -1.14. The van der Waals surface area contributed by atoms with E-state index in [9.17, 15) is 9.35 Å². The Morgan fingerprint density at radius 1 is 1.62 bits per heavy atom. The third-order valence-corrected chi connectivity index (χ3v) is 4.89. The number of hydrogen-bond acceptors (Lipinski definition) is 3. The van der Waals surface area contributed by atoms with Crippen LogP contribution in [0, 0.1) is 0 Å². The fraction of sp³-hybridized carbons (Fsp3) is 0.857. The van der Waals surface area contributed by atoms with E-state index in [-0.39, 0.29) is 11.3 Å². The molecule has 0 heterocycles. The van der Waals surface area contributed by atoms with E-state index < -0.39 is 16.5 Å². The number of carbonyl (C=O) groups is 1. The summed E-state index contributed by atoms with van der Waals surface area (Å²) >= 11 is 0. The Labute approximate surface area is 85.4 Å². The summed E-state index contributed by atoms with van der Waals surface area (Å²) in [6, 6.07) is 0. The van der Waals surface area contributed by atoms with Gasteiger partial charge in [0, 0.05) is 0 Å². The molecule has 4 nitrogen and oxygen atoms in total. The lowest BCUT2D eigenvalue weighted by Gasteiger charge is -2.22. The standard InChI is InChI=1S/C7H15NO3S2/c1-5-8(6(9)10)13(11)12-7(2,3)4/h5H2,1-4H3,(H,9,10). The molecule has 0 aliphatic heterocycles. The van der Waals surface area contributed by atoms with Gasteiger partial charge in [-0.05, 0) is 27.7 Å². The van der Waals surface area contributed by atoms with Gasteiger partial charge in [0.25, 0.3) is 0 Å². The van der Waals surface area contributed by atoms with Gasteiger partial charge in [-0.3, -0.25) is 0 Å². The predicted octanol–water partition coefficient (Wildman–Crippen LogP) is 2.10. The van der Waals surface area contributed by atoms with Crippen molar-refractivity contribution in [3.05, 3.63) is 0 Å². The smallest absolute Gasteiger partial charge is 0.450 e. The lowest BCUT2D eigenvalue weighted by Crippen LogP contribution is -2.35.